The van der Waals surface area contributed by atoms with E-state index in [0.29, 0.717) is 5.69 Å². The van der Waals surface area contributed by atoms with Crippen LogP contribution in [0.3, 0.4) is 0 Å². The van der Waals surface area contributed by atoms with Crippen LogP contribution in [-0.4, -0.2) is 39.0 Å². The smallest absolute Gasteiger partial charge is 0.377 e. The SMILES string of the molecule is COC(=O)C(OC)(OC)C(=O)Nc1ccc(Br)cc1C. The lowest BCUT2D eigenvalue weighted by atomic mass is 10.2. The standard InChI is InChI=1S/C13H16BrNO5/c1-8-7-9(14)5-6-10(8)15-11(16)13(19-3,20-4)12(17)18-2/h5-7H,1-4H3,(H,15,16). The highest BCUT2D eigenvalue weighted by Crippen LogP contribution is 2.23. The highest BCUT2D eigenvalue weighted by Gasteiger charge is 2.49. The van der Waals surface area contributed by atoms with Gasteiger partial charge in [0.2, 0.25) is 0 Å². The molecule has 0 aliphatic heterocycles. The molecule has 0 unspecified atom stereocenters. The second-order valence-corrected chi connectivity index (χ2v) is 4.85. The Kier molecular flexibility index (Phi) is 5.67. The Bertz CT molecular complexity index is 513. The van der Waals surface area contributed by atoms with E-state index in [1.165, 1.54) is 14.2 Å². The molecule has 0 fully saturated rings. The molecule has 0 atom stereocenters. The van der Waals surface area contributed by atoms with Crippen molar-refractivity contribution in [3.05, 3.63) is 28.2 Å². The van der Waals surface area contributed by atoms with Gasteiger partial charge in [-0.15, -0.1) is 0 Å². The van der Waals surface area contributed by atoms with Gasteiger partial charge < -0.3 is 19.5 Å². The van der Waals surface area contributed by atoms with E-state index >= 15 is 0 Å². The van der Waals surface area contributed by atoms with Gasteiger partial charge in [0.1, 0.15) is 0 Å². The fraction of sp³-hybridized carbons (Fsp3) is 0.385. The molecular formula is C13H16BrNO5. The summed E-state index contributed by atoms with van der Waals surface area (Å²) in [7, 11) is 3.52. The number of aryl methyl sites for hydroxylation is 1. The van der Waals surface area contributed by atoms with Gasteiger partial charge in [-0.25, -0.2) is 4.79 Å². The first kappa shape index (κ1) is 16.6. The van der Waals surface area contributed by atoms with E-state index in [9.17, 15) is 9.59 Å². The minimum absolute atomic E-state index is 0.542. The maximum atomic E-state index is 12.3. The van der Waals surface area contributed by atoms with Crippen molar-refractivity contribution in [1.29, 1.82) is 0 Å². The summed E-state index contributed by atoms with van der Waals surface area (Å²) in [5.74, 6) is -3.83. The third-order valence-electron chi connectivity index (χ3n) is 2.76. The first-order valence-electron chi connectivity index (χ1n) is 5.67. The number of anilines is 1. The number of ether oxygens (including phenoxy) is 3. The molecule has 0 aliphatic carbocycles. The molecule has 20 heavy (non-hydrogen) atoms. The number of hydrogen-bond donors (Lipinski definition) is 1. The van der Waals surface area contributed by atoms with E-state index < -0.39 is 17.7 Å². The van der Waals surface area contributed by atoms with Crippen LogP contribution in [0.15, 0.2) is 22.7 Å². The van der Waals surface area contributed by atoms with Crippen molar-refractivity contribution < 1.29 is 23.8 Å². The first-order chi connectivity index (χ1) is 9.41. The maximum Gasteiger partial charge on any atom is 0.377 e. The molecule has 0 heterocycles. The first-order valence-corrected chi connectivity index (χ1v) is 6.47. The molecule has 0 bridgehead atoms. The lowest BCUT2D eigenvalue weighted by Crippen LogP contribution is -2.53. The quantitative estimate of drug-likeness (QED) is 0.501. The Morgan fingerprint density at radius 1 is 1.20 bits per heavy atom. The van der Waals surface area contributed by atoms with E-state index in [1.807, 2.05) is 13.0 Å². The highest BCUT2D eigenvalue weighted by molar-refractivity contribution is 9.10. The minimum Gasteiger partial charge on any atom is -0.465 e. The van der Waals surface area contributed by atoms with Crippen LogP contribution in [0.25, 0.3) is 0 Å². The third-order valence-corrected chi connectivity index (χ3v) is 3.26. The molecular weight excluding hydrogens is 330 g/mol. The molecule has 7 heteroatoms. The lowest BCUT2D eigenvalue weighted by Gasteiger charge is -2.26. The number of carbonyl (C=O) groups is 2. The molecule has 6 nitrogen and oxygen atoms in total. The summed E-state index contributed by atoms with van der Waals surface area (Å²) < 4.78 is 15.3. The van der Waals surface area contributed by atoms with E-state index in [-0.39, 0.29) is 0 Å². The van der Waals surface area contributed by atoms with Crippen molar-refractivity contribution in [2.75, 3.05) is 26.6 Å². The third kappa shape index (κ3) is 3.17. The van der Waals surface area contributed by atoms with Crippen LogP contribution in [-0.2, 0) is 23.8 Å². The number of rotatable bonds is 5. The molecule has 1 rings (SSSR count). The van der Waals surface area contributed by atoms with Gasteiger partial charge in [0.05, 0.1) is 7.11 Å². The summed E-state index contributed by atoms with van der Waals surface area (Å²) >= 11 is 3.33. The Morgan fingerprint density at radius 2 is 1.80 bits per heavy atom. The Morgan fingerprint density at radius 3 is 2.25 bits per heavy atom. The molecule has 1 aromatic carbocycles. The number of amides is 1. The Balaban J connectivity index is 3.06. The minimum atomic E-state index is -2.13. The zero-order valence-corrected chi connectivity index (χ0v) is 13.2. The van der Waals surface area contributed by atoms with Crippen molar-refractivity contribution in [3.63, 3.8) is 0 Å². The van der Waals surface area contributed by atoms with Gasteiger partial charge in [-0.3, -0.25) is 4.79 Å². The lowest BCUT2D eigenvalue weighted by molar-refractivity contribution is -0.221. The van der Waals surface area contributed by atoms with Crippen molar-refractivity contribution in [2.24, 2.45) is 0 Å². The Hall–Kier alpha value is -1.44. The summed E-state index contributed by atoms with van der Waals surface area (Å²) in [6, 6.07) is 5.29. The van der Waals surface area contributed by atoms with Crippen molar-refractivity contribution in [3.8, 4) is 0 Å². The zero-order valence-electron chi connectivity index (χ0n) is 11.7. The number of carbonyl (C=O) groups excluding carboxylic acids is 2. The average Bonchev–Trinajstić information content (AvgIpc) is 2.43. The monoisotopic (exact) mass is 345 g/mol. The molecule has 1 N–H and O–H groups in total. The summed E-state index contributed by atoms with van der Waals surface area (Å²) in [6.45, 7) is 1.82. The summed E-state index contributed by atoms with van der Waals surface area (Å²) in [6.07, 6.45) is 0. The van der Waals surface area contributed by atoms with Gasteiger partial charge in [-0.1, -0.05) is 15.9 Å². The van der Waals surface area contributed by atoms with Crippen molar-refractivity contribution in [1.82, 2.24) is 0 Å². The molecule has 0 radical (unpaired) electrons. The molecule has 0 aliphatic rings. The topological polar surface area (TPSA) is 73.9 Å². The van der Waals surface area contributed by atoms with Gasteiger partial charge >= 0.3 is 11.8 Å². The molecule has 0 saturated heterocycles. The molecule has 1 aromatic rings. The zero-order chi connectivity index (χ0) is 15.3. The van der Waals surface area contributed by atoms with E-state index in [2.05, 4.69) is 26.0 Å². The highest BCUT2D eigenvalue weighted by atomic mass is 79.9. The number of benzene rings is 1. The van der Waals surface area contributed by atoms with Gasteiger partial charge in [-0.2, -0.15) is 0 Å². The number of esters is 1. The van der Waals surface area contributed by atoms with Crippen LogP contribution in [0.5, 0.6) is 0 Å². The largest absolute Gasteiger partial charge is 0.465 e. The van der Waals surface area contributed by atoms with Crippen LogP contribution in [0, 0.1) is 6.92 Å². The van der Waals surface area contributed by atoms with Crippen LogP contribution in [0.1, 0.15) is 5.56 Å². The van der Waals surface area contributed by atoms with Crippen LogP contribution in [0.2, 0.25) is 0 Å². The van der Waals surface area contributed by atoms with Crippen molar-refractivity contribution in [2.45, 2.75) is 12.7 Å². The molecule has 110 valence electrons. The fourth-order valence-corrected chi connectivity index (χ4v) is 2.11. The second kappa shape index (κ2) is 6.83. The molecule has 1 amide bonds. The van der Waals surface area contributed by atoms with E-state index in [4.69, 9.17) is 9.47 Å². The van der Waals surface area contributed by atoms with Crippen LogP contribution < -0.4 is 5.32 Å². The Labute approximate surface area is 125 Å². The molecule has 0 saturated carbocycles. The summed E-state index contributed by atoms with van der Waals surface area (Å²) in [5.41, 5.74) is 1.36. The predicted octanol–water partition coefficient (Wildman–Crippen LogP) is 1.86. The number of nitrogens with one attached hydrogen (secondary N) is 1. The average molecular weight is 346 g/mol. The van der Waals surface area contributed by atoms with Gasteiger partial charge in [0, 0.05) is 24.4 Å². The normalized spacial score (nSPS) is 11.1. The molecule has 0 spiro atoms. The van der Waals surface area contributed by atoms with Gasteiger partial charge in [0.25, 0.3) is 5.91 Å². The van der Waals surface area contributed by atoms with E-state index in [0.717, 1.165) is 17.1 Å². The number of methoxy groups -OCH3 is 3. The maximum absolute atomic E-state index is 12.3. The number of hydrogen-bond acceptors (Lipinski definition) is 5. The predicted molar refractivity (Wildman–Crippen MR) is 76.3 cm³/mol. The van der Waals surface area contributed by atoms with Gasteiger partial charge in [-0.05, 0) is 30.7 Å². The number of halogens is 1. The van der Waals surface area contributed by atoms with Crippen molar-refractivity contribution >= 4 is 33.5 Å². The van der Waals surface area contributed by atoms with Crippen LogP contribution in [0.4, 0.5) is 5.69 Å². The van der Waals surface area contributed by atoms with Gasteiger partial charge in [0.15, 0.2) is 0 Å². The van der Waals surface area contributed by atoms with Crippen LogP contribution >= 0.6 is 15.9 Å². The summed E-state index contributed by atoms with van der Waals surface area (Å²) in [5, 5.41) is 2.58. The second-order valence-electron chi connectivity index (χ2n) is 3.93. The fourth-order valence-electron chi connectivity index (χ4n) is 1.63. The molecule has 0 aromatic heterocycles. The summed E-state index contributed by atoms with van der Waals surface area (Å²) in [4.78, 5) is 24.0. The van der Waals surface area contributed by atoms with E-state index in [1.54, 1.807) is 12.1 Å².